The van der Waals surface area contributed by atoms with E-state index in [0.29, 0.717) is 22.7 Å². The summed E-state index contributed by atoms with van der Waals surface area (Å²) in [4.78, 5) is 21.2. The first-order valence-corrected chi connectivity index (χ1v) is 9.07. The number of hydrogen-bond donors (Lipinski definition) is 0. The van der Waals surface area contributed by atoms with Crippen LogP contribution in [0.15, 0.2) is 36.2 Å². The first-order valence-electron chi connectivity index (χ1n) is 9.07. The van der Waals surface area contributed by atoms with E-state index in [1.807, 2.05) is 19.1 Å². The zero-order chi connectivity index (χ0) is 21.4. The molecule has 3 rings (SSSR count). The van der Waals surface area contributed by atoms with Gasteiger partial charge in [0.15, 0.2) is 5.78 Å². The summed E-state index contributed by atoms with van der Waals surface area (Å²) in [6, 6.07) is 5.12. The molecule has 0 fully saturated rings. The smallest absolute Gasteiger partial charge is 0.221 e. The SMILES string of the molecule is COc1ncc(C)cc1-c1cc(F)cnc1C1(OC)C=C(C#N)C(=O)C(C)(C)C1. The minimum atomic E-state index is -1.19. The lowest BCUT2D eigenvalue weighted by Gasteiger charge is -2.40. The van der Waals surface area contributed by atoms with Crippen LogP contribution in [-0.2, 0) is 15.1 Å². The number of allylic oxidation sites excluding steroid dienone is 1. The third-order valence-electron chi connectivity index (χ3n) is 5.15. The number of nitriles is 1. The van der Waals surface area contributed by atoms with Crippen LogP contribution in [-0.4, -0.2) is 30.0 Å². The van der Waals surface area contributed by atoms with E-state index >= 15 is 0 Å². The molecule has 0 saturated carbocycles. The van der Waals surface area contributed by atoms with Gasteiger partial charge in [-0.3, -0.25) is 9.78 Å². The second kappa shape index (κ2) is 7.37. The van der Waals surface area contributed by atoms with Gasteiger partial charge in [-0.15, -0.1) is 0 Å². The summed E-state index contributed by atoms with van der Waals surface area (Å²) in [5.74, 6) is -0.480. The van der Waals surface area contributed by atoms with E-state index in [0.717, 1.165) is 11.8 Å². The number of aryl methyl sites for hydroxylation is 1. The van der Waals surface area contributed by atoms with Gasteiger partial charge < -0.3 is 9.47 Å². The number of carbonyl (C=O) groups excluding carboxylic acids is 1. The molecule has 0 radical (unpaired) electrons. The predicted octanol–water partition coefficient (Wildman–Crippen LogP) is 3.89. The normalized spacial score (nSPS) is 20.7. The van der Waals surface area contributed by atoms with Crippen LogP contribution in [0, 0.1) is 29.5 Å². The number of ether oxygens (including phenoxy) is 2. The quantitative estimate of drug-likeness (QED) is 0.781. The topological polar surface area (TPSA) is 85.1 Å². The lowest BCUT2D eigenvalue weighted by atomic mass is 9.68. The number of carbonyl (C=O) groups is 1. The van der Waals surface area contributed by atoms with Crippen molar-refractivity contribution in [2.75, 3.05) is 14.2 Å². The summed E-state index contributed by atoms with van der Waals surface area (Å²) in [6.07, 6.45) is 4.48. The minimum Gasteiger partial charge on any atom is -0.481 e. The summed E-state index contributed by atoms with van der Waals surface area (Å²) in [7, 11) is 2.97. The molecule has 0 N–H and O–H groups in total. The Bertz CT molecular complexity index is 1060. The molecule has 6 nitrogen and oxygen atoms in total. The first-order chi connectivity index (χ1) is 13.7. The van der Waals surface area contributed by atoms with E-state index in [-0.39, 0.29) is 17.8 Å². The van der Waals surface area contributed by atoms with E-state index in [9.17, 15) is 14.4 Å². The molecule has 0 spiro atoms. The van der Waals surface area contributed by atoms with Crippen molar-refractivity contribution in [3.63, 3.8) is 0 Å². The van der Waals surface area contributed by atoms with Gasteiger partial charge in [0.1, 0.15) is 17.5 Å². The highest BCUT2D eigenvalue weighted by atomic mass is 19.1. The highest BCUT2D eigenvalue weighted by molar-refractivity contribution is 6.04. The second-order valence-corrected chi connectivity index (χ2v) is 7.77. The molecule has 150 valence electrons. The molecule has 29 heavy (non-hydrogen) atoms. The molecule has 0 aromatic carbocycles. The molecule has 1 atom stereocenters. The Kier molecular flexibility index (Phi) is 5.24. The van der Waals surface area contributed by atoms with Crippen molar-refractivity contribution in [1.29, 1.82) is 5.26 Å². The van der Waals surface area contributed by atoms with Crippen molar-refractivity contribution in [3.05, 3.63) is 53.3 Å². The Morgan fingerprint density at radius 2 is 1.90 bits per heavy atom. The van der Waals surface area contributed by atoms with Crippen LogP contribution in [0.3, 0.4) is 0 Å². The Labute approximate surface area is 169 Å². The van der Waals surface area contributed by atoms with Crippen LogP contribution in [0.2, 0.25) is 0 Å². The maximum Gasteiger partial charge on any atom is 0.221 e. The molecular formula is C22H22FN3O3. The average molecular weight is 395 g/mol. The lowest BCUT2D eigenvalue weighted by molar-refractivity contribution is -0.128. The number of pyridine rings is 2. The van der Waals surface area contributed by atoms with Crippen molar-refractivity contribution in [2.45, 2.75) is 32.8 Å². The van der Waals surface area contributed by atoms with Gasteiger partial charge in [0.2, 0.25) is 5.88 Å². The van der Waals surface area contributed by atoms with Gasteiger partial charge in [-0.2, -0.15) is 5.26 Å². The second-order valence-electron chi connectivity index (χ2n) is 7.77. The molecule has 7 heteroatoms. The molecule has 0 aliphatic heterocycles. The number of aromatic nitrogens is 2. The summed E-state index contributed by atoms with van der Waals surface area (Å²) >= 11 is 0. The van der Waals surface area contributed by atoms with Crippen LogP contribution < -0.4 is 4.74 Å². The Morgan fingerprint density at radius 3 is 2.52 bits per heavy atom. The van der Waals surface area contributed by atoms with Gasteiger partial charge in [0, 0.05) is 29.8 Å². The first kappa shape index (κ1) is 20.6. The van der Waals surface area contributed by atoms with E-state index in [1.165, 1.54) is 26.4 Å². The zero-order valence-corrected chi connectivity index (χ0v) is 17.0. The number of ketones is 1. The summed E-state index contributed by atoms with van der Waals surface area (Å²) in [5.41, 5.74) is 0.161. The van der Waals surface area contributed by atoms with Gasteiger partial charge in [-0.05, 0) is 37.1 Å². The number of nitrogens with zero attached hydrogens (tertiary/aromatic N) is 3. The summed E-state index contributed by atoms with van der Waals surface area (Å²) in [6.45, 7) is 5.38. The van der Waals surface area contributed by atoms with Crippen LogP contribution >= 0.6 is 0 Å². The average Bonchev–Trinajstić information content (AvgIpc) is 2.69. The summed E-state index contributed by atoms with van der Waals surface area (Å²) < 4.78 is 25.5. The lowest BCUT2D eigenvalue weighted by Crippen LogP contribution is -2.43. The molecule has 2 heterocycles. The van der Waals surface area contributed by atoms with Crippen LogP contribution in [0.4, 0.5) is 4.39 Å². The van der Waals surface area contributed by atoms with Crippen molar-refractivity contribution < 1.29 is 18.7 Å². The van der Waals surface area contributed by atoms with Crippen molar-refractivity contribution in [3.8, 4) is 23.1 Å². The maximum atomic E-state index is 14.2. The Morgan fingerprint density at radius 1 is 1.17 bits per heavy atom. The number of halogens is 1. The standard InChI is InChI=1S/C22H22FN3O3/c1-13-6-17(20(28-4)26-10-13)16-7-15(23)11-25-18(16)22(29-5)8-14(9-24)19(27)21(2,3)12-22/h6-8,10-11H,12H2,1-5H3. The maximum absolute atomic E-state index is 14.2. The molecule has 1 aliphatic carbocycles. The predicted molar refractivity (Wildman–Crippen MR) is 105 cm³/mol. The number of rotatable bonds is 4. The fraction of sp³-hybridized carbons (Fsp3) is 0.364. The van der Waals surface area contributed by atoms with Gasteiger partial charge in [0.25, 0.3) is 0 Å². The van der Waals surface area contributed by atoms with Crippen molar-refractivity contribution in [2.24, 2.45) is 5.41 Å². The molecule has 0 saturated heterocycles. The largest absolute Gasteiger partial charge is 0.481 e. The summed E-state index contributed by atoms with van der Waals surface area (Å²) in [5, 5.41) is 9.51. The third-order valence-corrected chi connectivity index (χ3v) is 5.15. The van der Waals surface area contributed by atoms with Crippen LogP contribution in [0.1, 0.15) is 31.5 Å². The highest BCUT2D eigenvalue weighted by Crippen LogP contribution is 2.47. The Balaban J connectivity index is 2.35. The fourth-order valence-corrected chi connectivity index (χ4v) is 3.81. The van der Waals surface area contributed by atoms with E-state index < -0.39 is 16.8 Å². The van der Waals surface area contributed by atoms with Gasteiger partial charge in [0.05, 0.1) is 24.6 Å². The molecule has 0 amide bonds. The molecule has 2 aromatic rings. The third kappa shape index (κ3) is 3.52. The van der Waals surface area contributed by atoms with Gasteiger partial charge >= 0.3 is 0 Å². The molecule has 0 bridgehead atoms. The minimum absolute atomic E-state index is 0.00509. The van der Waals surface area contributed by atoms with Crippen LogP contribution in [0.5, 0.6) is 5.88 Å². The van der Waals surface area contributed by atoms with Crippen molar-refractivity contribution >= 4 is 5.78 Å². The number of hydrogen-bond acceptors (Lipinski definition) is 6. The van der Waals surface area contributed by atoms with E-state index in [1.54, 1.807) is 20.0 Å². The molecule has 1 aliphatic rings. The van der Waals surface area contributed by atoms with Crippen LogP contribution in [0.25, 0.3) is 11.1 Å². The molecular weight excluding hydrogens is 373 g/mol. The van der Waals surface area contributed by atoms with Gasteiger partial charge in [-0.25, -0.2) is 9.37 Å². The fourth-order valence-electron chi connectivity index (χ4n) is 3.81. The molecule has 1 unspecified atom stereocenters. The van der Waals surface area contributed by atoms with Gasteiger partial charge in [-0.1, -0.05) is 13.8 Å². The Hall–Kier alpha value is -3.11. The number of methoxy groups -OCH3 is 2. The highest BCUT2D eigenvalue weighted by Gasteiger charge is 2.48. The zero-order valence-electron chi connectivity index (χ0n) is 17.0. The van der Waals surface area contributed by atoms with Crippen molar-refractivity contribution in [1.82, 2.24) is 9.97 Å². The van der Waals surface area contributed by atoms with E-state index in [4.69, 9.17) is 9.47 Å². The van der Waals surface area contributed by atoms with E-state index in [2.05, 4.69) is 9.97 Å². The monoisotopic (exact) mass is 395 g/mol. The number of Topliss-reactive ketones (excluding diaryl/α,β-unsaturated/α-hetero) is 1. The molecule has 2 aromatic heterocycles.